The molecular weight excluding hydrogens is 372 g/mol. The van der Waals surface area contributed by atoms with Crippen molar-refractivity contribution >= 4 is 11.7 Å². The van der Waals surface area contributed by atoms with Gasteiger partial charge >= 0.3 is 0 Å². The van der Waals surface area contributed by atoms with Gasteiger partial charge in [-0.3, -0.25) is 9.69 Å². The van der Waals surface area contributed by atoms with Crippen LogP contribution in [0.2, 0.25) is 0 Å². The molecule has 1 N–H and O–H groups in total. The molecule has 0 spiro atoms. The van der Waals surface area contributed by atoms with Crippen LogP contribution in [0.5, 0.6) is 0 Å². The lowest BCUT2D eigenvalue weighted by atomic mass is 9.94. The Labute approximate surface area is 178 Å². The summed E-state index contributed by atoms with van der Waals surface area (Å²) < 4.78 is 0. The summed E-state index contributed by atoms with van der Waals surface area (Å²) in [5.74, 6) is 1.59. The van der Waals surface area contributed by atoms with E-state index in [0.717, 1.165) is 41.3 Å². The van der Waals surface area contributed by atoms with Crippen molar-refractivity contribution in [2.45, 2.75) is 45.6 Å². The van der Waals surface area contributed by atoms with Gasteiger partial charge in [0.15, 0.2) is 0 Å². The van der Waals surface area contributed by atoms with Crippen LogP contribution < -0.4 is 5.32 Å². The van der Waals surface area contributed by atoms with Crippen LogP contribution in [0.15, 0.2) is 64.6 Å². The largest absolute Gasteiger partial charge is 0.324 e. The summed E-state index contributed by atoms with van der Waals surface area (Å²) in [5.41, 5.74) is 5.65. The molecule has 0 aliphatic carbocycles. The van der Waals surface area contributed by atoms with Gasteiger partial charge in [-0.2, -0.15) is 0 Å². The van der Waals surface area contributed by atoms with Gasteiger partial charge < -0.3 is 10.2 Å². The minimum absolute atomic E-state index is 0.0568. The zero-order valence-electron chi connectivity index (χ0n) is 17.9. The minimum Gasteiger partial charge on any atom is -0.324 e. The summed E-state index contributed by atoms with van der Waals surface area (Å²) in [4.78, 5) is 21.6. The molecular formula is C25H30N4O. The normalized spacial score (nSPS) is 22.1. The van der Waals surface area contributed by atoms with E-state index < -0.39 is 0 Å². The fourth-order valence-electron chi connectivity index (χ4n) is 5.10. The fraction of sp³-hybridized carbons (Fsp3) is 0.440. The third-order valence-electron chi connectivity index (χ3n) is 6.51. The third kappa shape index (κ3) is 3.52. The van der Waals surface area contributed by atoms with Gasteiger partial charge in [-0.1, -0.05) is 38.1 Å². The maximum Gasteiger partial charge on any atom is 0.248 e. The predicted molar refractivity (Wildman–Crippen MR) is 120 cm³/mol. The van der Waals surface area contributed by atoms with Gasteiger partial charge in [0.2, 0.25) is 5.91 Å². The van der Waals surface area contributed by atoms with Gasteiger partial charge in [-0.05, 0) is 49.9 Å². The number of amidine groups is 1. The van der Waals surface area contributed by atoms with E-state index in [4.69, 9.17) is 4.99 Å². The van der Waals surface area contributed by atoms with Crippen LogP contribution in [-0.2, 0) is 4.79 Å². The van der Waals surface area contributed by atoms with Gasteiger partial charge in [0.1, 0.15) is 5.84 Å². The van der Waals surface area contributed by atoms with Crippen molar-refractivity contribution in [2.24, 2.45) is 10.9 Å². The topological polar surface area (TPSA) is 47.9 Å². The molecule has 0 aromatic heterocycles. The lowest BCUT2D eigenvalue weighted by molar-refractivity contribution is -0.115. The Balaban J connectivity index is 1.43. The first-order valence-corrected chi connectivity index (χ1v) is 11.2. The average molecular weight is 403 g/mol. The summed E-state index contributed by atoms with van der Waals surface area (Å²) in [6, 6.07) is 9.54. The number of allylic oxidation sites excluding steroid dienone is 1. The number of carbonyl (C=O) groups excluding carboxylic acids is 1. The van der Waals surface area contributed by atoms with Crippen molar-refractivity contribution in [1.29, 1.82) is 0 Å². The maximum atomic E-state index is 11.9. The maximum absolute atomic E-state index is 11.9. The van der Waals surface area contributed by atoms with Crippen LogP contribution in [0, 0.1) is 5.92 Å². The van der Waals surface area contributed by atoms with Crippen LogP contribution in [0.1, 0.15) is 56.7 Å². The van der Waals surface area contributed by atoms with Crippen LogP contribution in [0.4, 0.5) is 0 Å². The van der Waals surface area contributed by atoms with Crippen molar-refractivity contribution in [3.8, 4) is 0 Å². The van der Waals surface area contributed by atoms with E-state index >= 15 is 0 Å². The lowest BCUT2D eigenvalue weighted by Crippen LogP contribution is -2.31. The van der Waals surface area contributed by atoms with Crippen LogP contribution in [0.25, 0.3) is 0 Å². The first-order chi connectivity index (χ1) is 14.6. The molecule has 0 radical (unpaired) electrons. The minimum atomic E-state index is -0.0568. The standard InChI is InChI=1S/C25H30N4O/c1-17(2)15-22(28-12-3-4-13-28)18-5-7-19(8-6-18)25-26-16-20-9-10-23(30)27-21-11-14-29(25)24(20)21/h5-10,16-17,22H,3-4,11-15H2,1-2H3,(H,27,30). The average Bonchev–Trinajstić information content (AvgIpc) is 3.38. The number of amides is 1. The third-order valence-corrected chi connectivity index (χ3v) is 6.51. The Kier molecular flexibility index (Phi) is 5.07. The summed E-state index contributed by atoms with van der Waals surface area (Å²) >= 11 is 0. The van der Waals surface area contributed by atoms with E-state index in [2.05, 4.69) is 53.2 Å². The van der Waals surface area contributed by atoms with Crippen molar-refractivity contribution in [2.75, 3.05) is 19.6 Å². The van der Waals surface area contributed by atoms with Gasteiger partial charge in [0.05, 0.1) is 5.70 Å². The number of likely N-dealkylation sites (tertiary alicyclic amines) is 1. The number of aliphatic imine (C=N–C) groups is 1. The van der Waals surface area contributed by atoms with E-state index in [-0.39, 0.29) is 5.91 Å². The number of rotatable bonds is 5. The number of benzene rings is 1. The van der Waals surface area contributed by atoms with Crippen LogP contribution >= 0.6 is 0 Å². The second-order valence-electron chi connectivity index (χ2n) is 9.10. The molecule has 0 bridgehead atoms. The Morgan fingerprint density at radius 1 is 1.07 bits per heavy atom. The van der Waals surface area contributed by atoms with Gasteiger partial charge in [-0.15, -0.1) is 0 Å². The molecule has 1 unspecified atom stereocenters. The quantitative estimate of drug-likeness (QED) is 0.806. The highest BCUT2D eigenvalue weighted by Gasteiger charge is 2.33. The molecule has 5 heteroatoms. The van der Waals surface area contributed by atoms with Crippen molar-refractivity contribution in [3.63, 3.8) is 0 Å². The second-order valence-corrected chi connectivity index (χ2v) is 9.10. The lowest BCUT2D eigenvalue weighted by Gasteiger charge is -2.30. The molecule has 1 aromatic carbocycles. The zero-order chi connectivity index (χ0) is 20.7. The van der Waals surface area contributed by atoms with Gasteiger partial charge in [0, 0.05) is 48.1 Å². The molecule has 4 heterocycles. The SMILES string of the molecule is CC(C)CC(c1ccc(C2=NC=C3C=CC(=O)NC4=C3N2CC4)cc1)N1CCCC1. The number of carbonyl (C=O) groups is 1. The first kappa shape index (κ1) is 19.3. The second kappa shape index (κ2) is 7.88. The molecule has 5 nitrogen and oxygen atoms in total. The molecule has 30 heavy (non-hydrogen) atoms. The summed E-state index contributed by atoms with van der Waals surface area (Å²) in [5, 5.41) is 3.03. The van der Waals surface area contributed by atoms with E-state index in [1.165, 1.54) is 37.9 Å². The molecule has 0 saturated carbocycles. The monoisotopic (exact) mass is 402 g/mol. The van der Waals surface area contributed by atoms with E-state index in [1.807, 2.05) is 12.3 Å². The molecule has 4 aliphatic heterocycles. The number of hydrogen-bond acceptors (Lipinski definition) is 4. The summed E-state index contributed by atoms with van der Waals surface area (Å²) in [7, 11) is 0. The fourth-order valence-corrected chi connectivity index (χ4v) is 5.10. The van der Waals surface area contributed by atoms with Crippen molar-refractivity contribution < 1.29 is 4.79 Å². The predicted octanol–water partition coefficient (Wildman–Crippen LogP) is 4.12. The van der Waals surface area contributed by atoms with Crippen molar-refractivity contribution in [3.05, 3.63) is 70.7 Å². The zero-order valence-corrected chi connectivity index (χ0v) is 17.9. The van der Waals surface area contributed by atoms with Crippen molar-refractivity contribution in [1.82, 2.24) is 15.1 Å². The molecule has 1 amide bonds. The highest BCUT2D eigenvalue weighted by molar-refractivity contribution is 6.02. The molecule has 1 fully saturated rings. The Bertz CT molecular complexity index is 961. The molecule has 5 rings (SSSR count). The highest BCUT2D eigenvalue weighted by Crippen LogP contribution is 2.35. The first-order valence-electron chi connectivity index (χ1n) is 11.2. The van der Waals surface area contributed by atoms with E-state index in [0.29, 0.717) is 12.0 Å². The Morgan fingerprint density at radius 3 is 2.57 bits per heavy atom. The molecule has 1 atom stereocenters. The van der Waals surface area contributed by atoms with E-state index in [9.17, 15) is 4.79 Å². The highest BCUT2D eigenvalue weighted by atomic mass is 16.1. The Hall–Kier alpha value is -2.66. The number of hydrogen-bond donors (Lipinski definition) is 1. The van der Waals surface area contributed by atoms with Crippen LogP contribution in [0.3, 0.4) is 0 Å². The van der Waals surface area contributed by atoms with Crippen LogP contribution in [-0.4, -0.2) is 41.2 Å². The Morgan fingerprint density at radius 2 is 1.83 bits per heavy atom. The molecule has 156 valence electrons. The molecule has 1 aromatic rings. The summed E-state index contributed by atoms with van der Waals surface area (Å²) in [6.07, 6.45) is 10.0. The smallest absolute Gasteiger partial charge is 0.248 e. The van der Waals surface area contributed by atoms with Gasteiger partial charge in [-0.25, -0.2) is 4.99 Å². The number of nitrogens with zero attached hydrogens (tertiary/aromatic N) is 3. The van der Waals surface area contributed by atoms with E-state index in [1.54, 1.807) is 6.08 Å². The number of nitrogens with one attached hydrogen (secondary N) is 1. The van der Waals surface area contributed by atoms with Gasteiger partial charge in [0.25, 0.3) is 0 Å². The molecule has 4 aliphatic rings. The summed E-state index contributed by atoms with van der Waals surface area (Å²) in [6.45, 7) is 7.90. The molecule has 1 saturated heterocycles.